The van der Waals surface area contributed by atoms with Gasteiger partial charge in [0, 0.05) is 30.0 Å². The van der Waals surface area contributed by atoms with Crippen molar-refractivity contribution in [3.8, 4) is 22.8 Å². The summed E-state index contributed by atoms with van der Waals surface area (Å²) in [6.07, 6.45) is 0. The third-order valence-corrected chi connectivity index (χ3v) is 7.14. The highest BCUT2D eigenvalue weighted by atomic mass is 32.2. The van der Waals surface area contributed by atoms with Crippen molar-refractivity contribution >= 4 is 17.7 Å². The molecule has 1 aliphatic rings. The van der Waals surface area contributed by atoms with E-state index in [-0.39, 0.29) is 5.91 Å². The first kappa shape index (κ1) is 24.1. The lowest BCUT2D eigenvalue weighted by Crippen LogP contribution is -2.40. The molecule has 4 aromatic rings. The zero-order valence-corrected chi connectivity index (χ0v) is 21.2. The lowest BCUT2D eigenvalue weighted by Gasteiger charge is -2.26. The van der Waals surface area contributed by atoms with E-state index >= 15 is 0 Å². The molecule has 1 saturated heterocycles. The summed E-state index contributed by atoms with van der Waals surface area (Å²) in [6.45, 7) is 4.53. The van der Waals surface area contributed by atoms with E-state index in [2.05, 4.69) is 41.4 Å². The normalized spacial score (nSPS) is 13.6. The second kappa shape index (κ2) is 11.0. The van der Waals surface area contributed by atoms with E-state index in [1.165, 1.54) is 5.56 Å². The Morgan fingerprint density at radius 3 is 2.42 bits per heavy atom. The van der Waals surface area contributed by atoms with Gasteiger partial charge in [-0.15, -0.1) is 10.2 Å². The van der Waals surface area contributed by atoms with E-state index in [0.717, 1.165) is 33.5 Å². The van der Waals surface area contributed by atoms with Gasteiger partial charge in [-0.25, -0.2) is 0 Å². The van der Waals surface area contributed by atoms with E-state index in [0.29, 0.717) is 37.6 Å². The Balaban J connectivity index is 1.40. The number of carbonyl (C=O) groups is 1. The van der Waals surface area contributed by atoms with Gasteiger partial charge in [-0.05, 0) is 36.8 Å². The second-order valence-electron chi connectivity index (χ2n) is 8.57. The molecule has 1 fully saturated rings. The van der Waals surface area contributed by atoms with E-state index < -0.39 is 0 Å². The zero-order chi connectivity index (χ0) is 24.9. The maximum atomic E-state index is 12.7. The summed E-state index contributed by atoms with van der Waals surface area (Å²) >= 11 is 1.60. The highest BCUT2D eigenvalue weighted by Gasteiger charge is 2.20. The molecule has 0 atom stereocenters. The van der Waals surface area contributed by atoms with Crippen molar-refractivity contribution in [2.24, 2.45) is 0 Å². The largest absolute Gasteiger partial charge is 0.495 e. The number of morpholine rings is 1. The summed E-state index contributed by atoms with van der Waals surface area (Å²) in [7, 11) is 1.67. The maximum Gasteiger partial charge on any atom is 0.254 e. The van der Waals surface area contributed by atoms with Gasteiger partial charge in [-0.2, -0.15) is 0 Å². The first-order chi connectivity index (χ1) is 17.6. The fourth-order valence-electron chi connectivity index (χ4n) is 4.13. The van der Waals surface area contributed by atoms with Crippen molar-refractivity contribution in [3.63, 3.8) is 0 Å². The predicted molar refractivity (Wildman–Crippen MR) is 141 cm³/mol. The fourth-order valence-corrected chi connectivity index (χ4v) is 5.03. The van der Waals surface area contributed by atoms with Crippen molar-refractivity contribution in [1.82, 2.24) is 19.7 Å². The molecule has 0 bridgehead atoms. The minimum Gasteiger partial charge on any atom is -0.495 e. The summed E-state index contributed by atoms with van der Waals surface area (Å²) in [4.78, 5) is 14.6. The topological polar surface area (TPSA) is 69.5 Å². The molecule has 1 amide bonds. The monoisotopic (exact) mass is 500 g/mol. The SMILES string of the molecule is COc1ccccc1-n1c(SCc2ccc(C(=O)N3CCOCC3)cc2)nnc1-c1ccc(C)cc1. The van der Waals surface area contributed by atoms with Gasteiger partial charge in [0.15, 0.2) is 11.0 Å². The number of rotatable bonds is 7. The van der Waals surface area contributed by atoms with Crippen LogP contribution in [-0.4, -0.2) is 59.0 Å². The Hall–Kier alpha value is -3.62. The Labute approximate surface area is 215 Å². The van der Waals surface area contributed by atoms with Gasteiger partial charge in [0.25, 0.3) is 5.91 Å². The van der Waals surface area contributed by atoms with Gasteiger partial charge in [-0.1, -0.05) is 65.9 Å². The Bertz CT molecular complexity index is 1330. The van der Waals surface area contributed by atoms with Crippen LogP contribution < -0.4 is 4.74 Å². The molecular formula is C28H28N4O3S. The smallest absolute Gasteiger partial charge is 0.254 e. The van der Waals surface area contributed by atoms with E-state index in [9.17, 15) is 4.79 Å². The first-order valence-corrected chi connectivity index (χ1v) is 12.9. The molecule has 1 aliphatic heterocycles. The molecule has 0 aliphatic carbocycles. The van der Waals surface area contributed by atoms with Crippen LogP contribution >= 0.6 is 11.8 Å². The number of methoxy groups -OCH3 is 1. The minimum absolute atomic E-state index is 0.0520. The number of amides is 1. The molecule has 7 nitrogen and oxygen atoms in total. The molecule has 5 rings (SSSR count). The number of thioether (sulfide) groups is 1. The van der Waals surface area contributed by atoms with Crippen LogP contribution in [0.4, 0.5) is 0 Å². The number of carbonyl (C=O) groups excluding carboxylic acids is 1. The van der Waals surface area contributed by atoms with Crippen molar-refractivity contribution in [2.45, 2.75) is 17.8 Å². The molecule has 2 heterocycles. The predicted octanol–water partition coefficient (Wildman–Crippen LogP) is 5.02. The molecule has 0 unspecified atom stereocenters. The summed E-state index contributed by atoms with van der Waals surface area (Å²) in [5, 5.41) is 9.85. The maximum absolute atomic E-state index is 12.7. The molecule has 8 heteroatoms. The number of hydrogen-bond acceptors (Lipinski definition) is 6. The van der Waals surface area contributed by atoms with E-state index in [4.69, 9.17) is 9.47 Å². The van der Waals surface area contributed by atoms with Crippen molar-refractivity contribution in [2.75, 3.05) is 33.4 Å². The third-order valence-electron chi connectivity index (χ3n) is 6.14. The second-order valence-corrected chi connectivity index (χ2v) is 9.51. The average molecular weight is 501 g/mol. The van der Waals surface area contributed by atoms with Gasteiger partial charge >= 0.3 is 0 Å². The molecule has 3 aromatic carbocycles. The number of ether oxygens (including phenoxy) is 2. The quantitative estimate of drug-likeness (QED) is 0.332. The third kappa shape index (κ3) is 5.15. The molecule has 36 heavy (non-hydrogen) atoms. The lowest BCUT2D eigenvalue weighted by atomic mass is 10.1. The Morgan fingerprint density at radius 2 is 1.69 bits per heavy atom. The fraction of sp³-hybridized carbons (Fsp3) is 0.250. The molecule has 184 valence electrons. The highest BCUT2D eigenvalue weighted by Crippen LogP contribution is 2.33. The van der Waals surface area contributed by atoms with Crippen LogP contribution in [0.2, 0.25) is 0 Å². The van der Waals surface area contributed by atoms with Gasteiger partial charge < -0.3 is 14.4 Å². The molecule has 0 N–H and O–H groups in total. The van der Waals surface area contributed by atoms with Gasteiger partial charge in [0.05, 0.1) is 26.0 Å². The average Bonchev–Trinajstić information content (AvgIpc) is 3.36. The Kier molecular flexibility index (Phi) is 7.34. The van der Waals surface area contributed by atoms with Crippen molar-refractivity contribution < 1.29 is 14.3 Å². The number of hydrogen-bond donors (Lipinski definition) is 0. The number of para-hydroxylation sites is 2. The molecule has 0 saturated carbocycles. The van der Waals surface area contributed by atoms with Crippen LogP contribution in [-0.2, 0) is 10.5 Å². The van der Waals surface area contributed by atoms with Gasteiger partial charge in [0.1, 0.15) is 5.75 Å². The summed E-state index contributed by atoms with van der Waals surface area (Å²) in [5.74, 6) is 2.25. The first-order valence-electron chi connectivity index (χ1n) is 11.9. The Morgan fingerprint density at radius 1 is 0.972 bits per heavy atom. The number of aryl methyl sites for hydroxylation is 1. The molecule has 0 radical (unpaired) electrons. The van der Waals surface area contributed by atoms with Crippen molar-refractivity contribution in [1.29, 1.82) is 0 Å². The molecule has 0 spiro atoms. The zero-order valence-electron chi connectivity index (χ0n) is 20.4. The minimum atomic E-state index is 0.0520. The molecule has 1 aromatic heterocycles. The van der Waals surface area contributed by atoms with E-state index in [1.54, 1.807) is 18.9 Å². The van der Waals surface area contributed by atoms with Crippen LogP contribution in [0.3, 0.4) is 0 Å². The van der Waals surface area contributed by atoms with Gasteiger partial charge in [-0.3, -0.25) is 9.36 Å². The van der Waals surface area contributed by atoms with Crippen LogP contribution in [0.15, 0.2) is 78.0 Å². The van der Waals surface area contributed by atoms with E-state index in [1.807, 2.05) is 58.0 Å². The van der Waals surface area contributed by atoms with Crippen molar-refractivity contribution in [3.05, 3.63) is 89.5 Å². The summed E-state index contributed by atoms with van der Waals surface area (Å²) < 4.78 is 13.1. The summed E-state index contributed by atoms with van der Waals surface area (Å²) in [5.41, 5.74) is 4.85. The summed E-state index contributed by atoms with van der Waals surface area (Å²) in [6, 6.07) is 24.0. The molecular weight excluding hydrogens is 472 g/mol. The van der Waals surface area contributed by atoms with Crippen LogP contribution in [0.25, 0.3) is 17.1 Å². The van der Waals surface area contributed by atoms with Crippen LogP contribution in [0.5, 0.6) is 5.75 Å². The van der Waals surface area contributed by atoms with Crippen LogP contribution in [0.1, 0.15) is 21.5 Å². The number of benzene rings is 3. The highest BCUT2D eigenvalue weighted by molar-refractivity contribution is 7.98. The number of aromatic nitrogens is 3. The number of nitrogens with zero attached hydrogens (tertiary/aromatic N) is 4. The lowest BCUT2D eigenvalue weighted by molar-refractivity contribution is 0.0303. The van der Waals surface area contributed by atoms with Crippen LogP contribution in [0, 0.1) is 6.92 Å². The standard InChI is InChI=1S/C28H28N4O3S/c1-20-7-11-22(12-8-20)26-29-30-28(32(26)24-5-3-4-6-25(24)34-2)36-19-21-9-13-23(14-10-21)27(33)31-15-17-35-18-16-31/h3-14H,15-19H2,1-2H3. The van der Waals surface area contributed by atoms with Gasteiger partial charge in [0.2, 0.25) is 0 Å².